The molecule has 0 spiro atoms. The molecule has 0 amide bonds. The third-order valence-electron chi connectivity index (χ3n) is 2.94. The second kappa shape index (κ2) is 6.93. The highest BCUT2D eigenvalue weighted by Crippen LogP contribution is 2.25. The molecule has 0 aliphatic heterocycles. The van der Waals surface area contributed by atoms with Crippen LogP contribution in [0.5, 0.6) is 0 Å². The second-order valence-electron chi connectivity index (χ2n) is 4.50. The zero-order valence-corrected chi connectivity index (χ0v) is 13.9. The molecule has 2 rings (SSSR count). The summed E-state index contributed by atoms with van der Waals surface area (Å²) < 4.78 is 1.23. The predicted octanol–water partition coefficient (Wildman–Crippen LogP) is 4.71. The summed E-state index contributed by atoms with van der Waals surface area (Å²) in [5.41, 5.74) is 8.36. The van der Waals surface area contributed by atoms with E-state index in [0.717, 1.165) is 12.0 Å². The van der Waals surface area contributed by atoms with Gasteiger partial charge in [-0.1, -0.05) is 41.4 Å². The van der Waals surface area contributed by atoms with Gasteiger partial charge in [-0.25, -0.2) is 0 Å². The molecule has 0 aliphatic rings. The first-order valence-electron chi connectivity index (χ1n) is 5.99. The Morgan fingerprint density at radius 3 is 2.11 bits per heavy atom. The van der Waals surface area contributed by atoms with Gasteiger partial charge in [-0.15, -0.1) is 0 Å². The van der Waals surface area contributed by atoms with E-state index in [1.54, 1.807) is 0 Å². The van der Waals surface area contributed by atoms with Gasteiger partial charge in [-0.3, -0.25) is 0 Å². The largest absolute Gasteiger partial charge is 0.327 e. The normalized spacial score (nSPS) is 12.4. The first kappa shape index (κ1) is 15.1. The number of nitrogens with two attached hydrogens (primary N) is 1. The molecule has 0 fully saturated rings. The Balaban J connectivity index is 2.05. The Labute approximate surface area is 137 Å². The molecule has 0 saturated carbocycles. The van der Waals surface area contributed by atoms with E-state index in [1.165, 1.54) is 9.13 Å². The van der Waals surface area contributed by atoms with E-state index in [4.69, 9.17) is 28.9 Å². The maximum Gasteiger partial charge on any atom is 0.0453 e. The number of hydrogen-bond acceptors (Lipinski definition) is 1. The third-order valence-corrected chi connectivity index (χ3v) is 4.37. The summed E-state index contributed by atoms with van der Waals surface area (Å²) in [6.07, 6.45) is 1.50. The average molecular weight is 406 g/mol. The highest BCUT2D eigenvalue weighted by Gasteiger charge is 2.11. The van der Waals surface area contributed by atoms with Crippen molar-refractivity contribution in [3.63, 3.8) is 0 Å². The van der Waals surface area contributed by atoms with Crippen LogP contribution in [-0.4, -0.2) is 6.04 Å². The summed E-state index contributed by atoms with van der Waals surface area (Å²) in [6.45, 7) is 0. The van der Waals surface area contributed by atoms with Gasteiger partial charge < -0.3 is 5.73 Å². The molecule has 1 unspecified atom stereocenters. The Morgan fingerprint density at radius 1 is 0.947 bits per heavy atom. The Morgan fingerprint density at radius 2 is 1.53 bits per heavy atom. The van der Waals surface area contributed by atoms with E-state index >= 15 is 0 Å². The van der Waals surface area contributed by atoms with Crippen LogP contribution < -0.4 is 5.73 Å². The van der Waals surface area contributed by atoms with Gasteiger partial charge in [0, 0.05) is 19.7 Å². The molecule has 1 atom stereocenters. The third kappa shape index (κ3) is 4.35. The second-order valence-corrected chi connectivity index (χ2v) is 6.56. The minimum atomic E-state index is 0.0115. The van der Waals surface area contributed by atoms with Gasteiger partial charge in [0.15, 0.2) is 0 Å². The van der Waals surface area contributed by atoms with Gasteiger partial charge in [-0.05, 0) is 70.8 Å². The van der Waals surface area contributed by atoms with E-state index in [1.807, 2.05) is 18.2 Å². The first-order chi connectivity index (χ1) is 9.06. The lowest BCUT2D eigenvalue weighted by Gasteiger charge is -2.14. The molecule has 100 valence electrons. The van der Waals surface area contributed by atoms with Crippen LogP contribution in [-0.2, 0) is 12.8 Å². The molecule has 2 N–H and O–H groups in total. The zero-order valence-electron chi connectivity index (χ0n) is 10.2. The van der Waals surface area contributed by atoms with E-state index < -0.39 is 0 Å². The van der Waals surface area contributed by atoms with Gasteiger partial charge in [0.2, 0.25) is 0 Å². The van der Waals surface area contributed by atoms with E-state index in [0.29, 0.717) is 16.5 Å². The standard InChI is InChI=1S/C15H14Cl2IN/c16-14-2-1-3-15(17)13(14)9-12(19)8-10-4-6-11(18)7-5-10/h1-7,12H,8-9,19H2. The smallest absolute Gasteiger partial charge is 0.0453 e. The topological polar surface area (TPSA) is 26.0 Å². The van der Waals surface area contributed by atoms with Crippen molar-refractivity contribution >= 4 is 45.8 Å². The lowest BCUT2D eigenvalue weighted by molar-refractivity contribution is 0.665. The zero-order chi connectivity index (χ0) is 13.8. The molecule has 2 aromatic rings. The van der Waals surface area contributed by atoms with Crippen LogP contribution in [0, 0.1) is 3.57 Å². The van der Waals surface area contributed by atoms with Crippen LogP contribution in [0.3, 0.4) is 0 Å². The van der Waals surface area contributed by atoms with Crippen LogP contribution in [0.25, 0.3) is 0 Å². The van der Waals surface area contributed by atoms with Crippen molar-refractivity contribution in [2.24, 2.45) is 5.73 Å². The molecule has 0 bridgehead atoms. The molecule has 0 aliphatic carbocycles. The SMILES string of the molecule is NC(Cc1ccc(I)cc1)Cc1c(Cl)cccc1Cl. The molecule has 0 aromatic heterocycles. The van der Waals surface area contributed by atoms with E-state index in [2.05, 4.69) is 46.9 Å². The van der Waals surface area contributed by atoms with Crippen LogP contribution >= 0.6 is 45.8 Å². The molecule has 1 nitrogen and oxygen atoms in total. The van der Waals surface area contributed by atoms with Crippen molar-refractivity contribution in [1.29, 1.82) is 0 Å². The quantitative estimate of drug-likeness (QED) is 0.732. The van der Waals surface area contributed by atoms with E-state index in [9.17, 15) is 0 Å². The predicted molar refractivity (Wildman–Crippen MR) is 91.0 cm³/mol. The lowest BCUT2D eigenvalue weighted by Crippen LogP contribution is -2.25. The molecule has 19 heavy (non-hydrogen) atoms. The van der Waals surface area contributed by atoms with Crippen molar-refractivity contribution in [3.05, 3.63) is 67.2 Å². The van der Waals surface area contributed by atoms with Crippen LogP contribution in [0.2, 0.25) is 10.0 Å². The van der Waals surface area contributed by atoms with Crippen molar-refractivity contribution in [2.45, 2.75) is 18.9 Å². The average Bonchev–Trinajstić information content (AvgIpc) is 2.37. The van der Waals surface area contributed by atoms with Crippen LogP contribution in [0.15, 0.2) is 42.5 Å². The molecular weight excluding hydrogens is 392 g/mol. The van der Waals surface area contributed by atoms with Crippen molar-refractivity contribution in [1.82, 2.24) is 0 Å². The number of benzene rings is 2. The number of hydrogen-bond donors (Lipinski definition) is 1. The summed E-state index contributed by atoms with van der Waals surface area (Å²) >= 11 is 14.6. The lowest BCUT2D eigenvalue weighted by atomic mass is 10.00. The molecule has 0 saturated heterocycles. The molecule has 0 radical (unpaired) electrons. The summed E-state index contributed by atoms with van der Waals surface area (Å²) in [6, 6.07) is 13.9. The minimum Gasteiger partial charge on any atom is -0.327 e. The summed E-state index contributed by atoms with van der Waals surface area (Å²) in [5.74, 6) is 0. The van der Waals surface area contributed by atoms with Crippen molar-refractivity contribution in [2.75, 3.05) is 0 Å². The molecular formula is C15H14Cl2IN. The fourth-order valence-electron chi connectivity index (χ4n) is 1.98. The molecule has 0 heterocycles. The Bertz CT molecular complexity index is 534. The fourth-order valence-corrected chi connectivity index (χ4v) is 2.90. The van der Waals surface area contributed by atoms with E-state index in [-0.39, 0.29) is 6.04 Å². The summed E-state index contributed by atoms with van der Waals surface area (Å²) in [7, 11) is 0. The van der Waals surface area contributed by atoms with Crippen LogP contribution in [0.4, 0.5) is 0 Å². The first-order valence-corrected chi connectivity index (χ1v) is 7.82. The molecule has 2 aromatic carbocycles. The maximum atomic E-state index is 6.19. The highest BCUT2D eigenvalue weighted by atomic mass is 127. The number of rotatable bonds is 4. The minimum absolute atomic E-state index is 0.0115. The Kier molecular flexibility index (Phi) is 5.51. The number of halogens is 3. The summed E-state index contributed by atoms with van der Waals surface area (Å²) in [5, 5.41) is 1.37. The Hall–Kier alpha value is -0.290. The monoisotopic (exact) mass is 405 g/mol. The van der Waals surface area contributed by atoms with Gasteiger partial charge >= 0.3 is 0 Å². The molecule has 4 heteroatoms. The van der Waals surface area contributed by atoms with Crippen LogP contribution in [0.1, 0.15) is 11.1 Å². The van der Waals surface area contributed by atoms with Gasteiger partial charge in [-0.2, -0.15) is 0 Å². The maximum absolute atomic E-state index is 6.19. The van der Waals surface area contributed by atoms with Crippen molar-refractivity contribution in [3.8, 4) is 0 Å². The van der Waals surface area contributed by atoms with Gasteiger partial charge in [0.1, 0.15) is 0 Å². The summed E-state index contributed by atoms with van der Waals surface area (Å²) in [4.78, 5) is 0. The highest BCUT2D eigenvalue weighted by molar-refractivity contribution is 14.1. The van der Waals surface area contributed by atoms with Crippen molar-refractivity contribution < 1.29 is 0 Å². The fraction of sp³-hybridized carbons (Fsp3) is 0.200. The van der Waals surface area contributed by atoms with Gasteiger partial charge in [0.05, 0.1) is 0 Å². The van der Waals surface area contributed by atoms with Gasteiger partial charge in [0.25, 0.3) is 0 Å².